The minimum Gasteiger partial charge on any atom is -0.494 e. The van der Waals surface area contributed by atoms with Gasteiger partial charge in [-0.05, 0) is 37.1 Å². The Morgan fingerprint density at radius 1 is 1.07 bits per heavy atom. The number of nitrogens with zero attached hydrogens (tertiary/aromatic N) is 1. The molecular formula is C23H29N3O4. The van der Waals surface area contributed by atoms with E-state index in [4.69, 9.17) is 9.47 Å². The number of nitrogens with one attached hydrogen (secondary N) is 2. The summed E-state index contributed by atoms with van der Waals surface area (Å²) in [7, 11) is 2.98. The average Bonchev–Trinajstić information content (AvgIpc) is 2.76. The number of hydrogen-bond acceptors (Lipinski definition) is 5. The largest absolute Gasteiger partial charge is 0.494 e. The molecule has 0 aliphatic carbocycles. The van der Waals surface area contributed by atoms with Gasteiger partial charge in [0.15, 0.2) is 0 Å². The lowest BCUT2D eigenvalue weighted by Crippen LogP contribution is -2.46. The van der Waals surface area contributed by atoms with Gasteiger partial charge in [0.25, 0.3) is 0 Å². The number of rotatable bonds is 8. The van der Waals surface area contributed by atoms with Crippen LogP contribution < -0.4 is 15.4 Å². The summed E-state index contributed by atoms with van der Waals surface area (Å²) in [4.78, 5) is 27.0. The summed E-state index contributed by atoms with van der Waals surface area (Å²) in [5, 5.41) is 5.74. The van der Waals surface area contributed by atoms with E-state index < -0.39 is 0 Å². The molecule has 0 radical (unpaired) electrons. The molecule has 1 aliphatic rings. The van der Waals surface area contributed by atoms with Crippen molar-refractivity contribution in [2.45, 2.75) is 31.8 Å². The van der Waals surface area contributed by atoms with Crippen LogP contribution in [0, 0.1) is 0 Å². The van der Waals surface area contributed by atoms with E-state index in [9.17, 15) is 9.59 Å². The van der Waals surface area contributed by atoms with Crippen molar-refractivity contribution in [2.24, 2.45) is 0 Å². The van der Waals surface area contributed by atoms with Crippen LogP contribution in [0.3, 0.4) is 0 Å². The molecule has 0 aromatic heterocycles. The number of piperidine rings is 1. The molecule has 2 aromatic carbocycles. The van der Waals surface area contributed by atoms with Crippen molar-refractivity contribution in [2.75, 3.05) is 38.0 Å². The first-order chi connectivity index (χ1) is 14.6. The zero-order chi connectivity index (χ0) is 21.3. The number of methoxy groups -OCH3 is 2. The van der Waals surface area contributed by atoms with Crippen molar-refractivity contribution in [3.63, 3.8) is 0 Å². The lowest BCUT2D eigenvalue weighted by atomic mass is 10.00. The molecule has 0 spiro atoms. The highest BCUT2D eigenvalue weighted by Crippen LogP contribution is 2.29. The van der Waals surface area contributed by atoms with E-state index in [2.05, 4.69) is 27.7 Å². The Morgan fingerprint density at radius 3 is 2.60 bits per heavy atom. The topological polar surface area (TPSA) is 79.9 Å². The van der Waals surface area contributed by atoms with Gasteiger partial charge in [-0.2, -0.15) is 0 Å². The fourth-order valence-corrected chi connectivity index (χ4v) is 3.71. The molecule has 3 rings (SSSR count). The predicted molar refractivity (Wildman–Crippen MR) is 117 cm³/mol. The maximum Gasteiger partial charge on any atom is 0.250 e. The van der Waals surface area contributed by atoms with Gasteiger partial charge in [-0.3, -0.25) is 14.5 Å². The van der Waals surface area contributed by atoms with Gasteiger partial charge in [0.2, 0.25) is 11.8 Å². The van der Waals surface area contributed by atoms with Gasteiger partial charge in [0.1, 0.15) is 12.4 Å². The third-order valence-corrected chi connectivity index (χ3v) is 5.16. The molecule has 2 N–H and O–H groups in total. The van der Waals surface area contributed by atoms with Crippen LogP contribution in [0.1, 0.15) is 24.8 Å². The van der Waals surface area contributed by atoms with Crippen LogP contribution >= 0.6 is 0 Å². The predicted octanol–water partition coefficient (Wildman–Crippen LogP) is 3.27. The van der Waals surface area contributed by atoms with E-state index >= 15 is 0 Å². The smallest absolute Gasteiger partial charge is 0.250 e. The Morgan fingerprint density at radius 2 is 1.87 bits per heavy atom. The van der Waals surface area contributed by atoms with E-state index in [1.165, 1.54) is 19.8 Å². The van der Waals surface area contributed by atoms with Gasteiger partial charge in [-0.15, -0.1) is 0 Å². The Bertz CT molecular complexity index is 857. The molecule has 1 aliphatic heterocycles. The van der Waals surface area contributed by atoms with E-state index in [0.29, 0.717) is 17.1 Å². The molecule has 7 nitrogen and oxygen atoms in total. The third-order valence-electron chi connectivity index (χ3n) is 5.16. The number of ether oxygens (including phenoxy) is 2. The number of hydrogen-bond donors (Lipinski definition) is 2. The van der Waals surface area contributed by atoms with Crippen LogP contribution in [0.25, 0.3) is 0 Å². The van der Waals surface area contributed by atoms with Crippen molar-refractivity contribution >= 4 is 23.2 Å². The first kappa shape index (κ1) is 21.8. The fraction of sp³-hybridized carbons (Fsp3) is 0.391. The Balaban J connectivity index is 1.68. The Hall–Kier alpha value is -2.90. The summed E-state index contributed by atoms with van der Waals surface area (Å²) in [6.45, 7) is 1.62. The van der Waals surface area contributed by atoms with E-state index in [-0.39, 0.29) is 24.5 Å². The lowest BCUT2D eigenvalue weighted by Gasteiger charge is -2.34. The molecule has 0 saturated carbocycles. The zero-order valence-electron chi connectivity index (χ0n) is 17.5. The maximum absolute atomic E-state index is 13.0. The normalized spacial score (nSPS) is 16.7. The van der Waals surface area contributed by atoms with E-state index in [1.807, 2.05) is 18.2 Å². The summed E-state index contributed by atoms with van der Waals surface area (Å²) in [5.41, 5.74) is 2.36. The van der Waals surface area contributed by atoms with Crippen molar-refractivity contribution < 1.29 is 19.1 Å². The molecule has 1 unspecified atom stereocenters. The fourth-order valence-electron chi connectivity index (χ4n) is 3.71. The van der Waals surface area contributed by atoms with Gasteiger partial charge in [0, 0.05) is 25.4 Å². The first-order valence-corrected chi connectivity index (χ1v) is 10.2. The molecule has 1 heterocycles. The van der Waals surface area contributed by atoms with Gasteiger partial charge in [-0.25, -0.2) is 0 Å². The first-order valence-electron chi connectivity index (χ1n) is 10.2. The average molecular weight is 412 g/mol. The number of carbonyl (C=O) groups is 2. The highest BCUT2D eigenvalue weighted by molar-refractivity contribution is 5.97. The van der Waals surface area contributed by atoms with E-state index in [1.54, 1.807) is 18.2 Å². The standard InChI is InChI=1S/C23H29N3O4/c1-29-16-22(27)25-19-12-11-18(14-21(19)30-2)24-23(28)20-10-6-7-13-26(20)15-17-8-4-3-5-9-17/h3-5,8-9,11-12,14,20H,6-7,10,13,15-16H2,1-2H3,(H,24,28)(H,25,27). The van der Waals surface area contributed by atoms with Gasteiger partial charge >= 0.3 is 0 Å². The maximum atomic E-state index is 13.0. The molecule has 1 fully saturated rings. The van der Waals surface area contributed by atoms with Crippen LogP contribution in [-0.4, -0.2) is 50.1 Å². The second-order valence-corrected chi connectivity index (χ2v) is 7.35. The molecule has 0 bridgehead atoms. The lowest BCUT2D eigenvalue weighted by molar-refractivity contribution is -0.122. The van der Waals surface area contributed by atoms with Crippen molar-refractivity contribution in [1.29, 1.82) is 0 Å². The minimum atomic E-state index is -0.272. The molecule has 7 heteroatoms. The van der Waals surface area contributed by atoms with Gasteiger partial charge in [-0.1, -0.05) is 36.8 Å². The molecule has 30 heavy (non-hydrogen) atoms. The molecule has 2 aromatic rings. The number of likely N-dealkylation sites (tertiary alicyclic amines) is 1. The summed E-state index contributed by atoms with van der Waals surface area (Å²) in [5.74, 6) is 0.178. The summed E-state index contributed by atoms with van der Waals surface area (Å²) in [6.07, 6.45) is 2.97. The van der Waals surface area contributed by atoms with Crippen molar-refractivity contribution in [3.05, 3.63) is 54.1 Å². The monoisotopic (exact) mass is 411 g/mol. The zero-order valence-corrected chi connectivity index (χ0v) is 17.5. The Labute approximate surface area is 177 Å². The number of carbonyl (C=O) groups excluding carboxylic acids is 2. The molecule has 1 atom stereocenters. The van der Waals surface area contributed by atoms with Gasteiger partial charge in [0.05, 0.1) is 18.8 Å². The molecule has 1 saturated heterocycles. The number of benzene rings is 2. The van der Waals surface area contributed by atoms with Crippen molar-refractivity contribution in [1.82, 2.24) is 4.90 Å². The Kier molecular flexibility index (Phi) is 7.82. The second kappa shape index (κ2) is 10.8. The second-order valence-electron chi connectivity index (χ2n) is 7.35. The van der Waals surface area contributed by atoms with Crippen LogP contribution in [0.5, 0.6) is 5.75 Å². The third kappa shape index (κ3) is 5.81. The SMILES string of the molecule is COCC(=O)Nc1ccc(NC(=O)C2CCCCN2Cc2ccccc2)cc1OC. The minimum absolute atomic E-state index is 0.0242. The van der Waals surface area contributed by atoms with Crippen LogP contribution in [-0.2, 0) is 20.9 Å². The summed E-state index contributed by atoms with van der Waals surface area (Å²) in [6, 6.07) is 15.2. The number of anilines is 2. The van der Waals surface area contributed by atoms with Gasteiger partial charge < -0.3 is 20.1 Å². The quantitative estimate of drug-likeness (QED) is 0.697. The highest BCUT2D eigenvalue weighted by atomic mass is 16.5. The molecule has 160 valence electrons. The van der Waals surface area contributed by atoms with Crippen LogP contribution in [0.2, 0.25) is 0 Å². The highest BCUT2D eigenvalue weighted by Gasteiger charge is 2.28. The molecule has 2 amide bonds. The van der Waals surface area contributed by atoms with Crippen LogP contribution in [0.15, 0.2) is 48.5 Å². The van der Waals surface area contributed by atoms with Crippen LogP contribution in [0.4, 0.5) is 11.4 Å². The summed E-state index contributed by atoms with van der Waals surface area (Å²) >= 11 is 0. The summed E-state index contributed by atoms with van der Waals surface area (Å²) < 4.78 is 10.2. The van der Waals surface area contributed by atoms with Crippen molar-refractivity contribution in [3.8, 4) is 5.75 Å². The molecular weight excluding hydrogens is 382 g/mol. The number of amides is 2. The van der Waals surface area contributed by atoms with E-state index in [0.717, 1.165) is 32.4 Å².